The molecule has 1 aliphatic heterocycles. The number of amides is 1. The first kappa shape index (κ1) is 22.7. The number of nitrogens with zero attached hydrogens (tertiary/aromatic N) is 2. The highest BCUT2D eigenvalue weighted by Gasteiger charge is 2.42. The molecule has 0 radical (unpaired) electrons. The van der Waals surface area contributed by atoms with Gasteiger partial charge in [0.15, 0.2) is 0 Å². The van der Waals surface area contributed by atoms with Gasteiger partial charge in [0.25, 0.3) is 5.56 Å². The average molecular weight is 432 g/mol. The Morgan fingerprint density at radius 2 is 1.94 bits per heavy atom. The van der Waals surface area contributed by atoms with Crippen LogP contribution in [0.1, 0.15) is 30.5 Å². The summed E-state index contributed by atoms with van der Waals surface area (Å²) in [5.74, 6) is -0.338. The van der Waals surface area contributed by atoms with Crippen molar-refractivity contribution in [3.63, 3.8) is 0 Å². The molecule has 4 atom stereocenters. The van der Waals surface area contributed by atoms with Gasteiger partial charge in [0.05, 0.1) is 23.8 Å². The lowest BCUT2D eigenvalue weighted by molar-refractivity contribution is -0.134. The lowest BCUT2D eigenvalue weighted by Crippen LogP contribution is -2.50. The number of rotatable bonds is 4. The molecule has 0 saturated carbocycles. The van der Waals surface area contributed by atoms with E-state index in [0.717, 1.165) is 5.56 Å². The molecule has 1 aromatic carbocycles. The second-order valence-corrected chi connectivity index (χ2v) is 8.43. The van der Waals surface area contributed by atoms with Crippen molar-refractivity contribution < 1.29 is 20.1 Å². The number of phenols is 1. The Balaban J connectivity index is 1.89. The van der Waals surface area contributed by atoms with Crippen LogP contribution in [-0.2, 0) is 11.2 Å². The molecule has 1 saturated heterocycles. The van der Waals surface area contributed by atoms with E-state index in [2.05, 4.69) is 4.98 Å². The van der Waals surface area contributed by atoms with E-state index in [4.69, 9.17) is 5.73 Å². The number of aliphatic hydroxyl groups excluding tert-OH is 1. The summed E-state index contributed by atoms with van der Waals surface area (Å²) in [5.41, 5.74) is 4.40. The summed E-state index contributed by atoms with van der Waals surface area (Å²) in [6, 6.07) is 4.50. The maximum Gasteiger partial charge on any atom is 0.328 e. The monoisotopic (exact) mass is 432 g/mol. The van der Waals surface area contributed by atoms with E-state index in [-0.39, 0.29) is 37.2 Å². The molecule has 1 aromatic heterocycles. The Labute approximate surface area is 178 Å². The highest BCUT2D eigenvalue weighted by atomic mass is 16.3. The fourth-order valence-corrected chi connectivity index (χ4v) is 4.00. The molecule has 10 heteroatoms. The number of aliphatic hydroxyl groups is 2. The van der Waals surface area contributed by atoms with Crippen LogP contribution in [0.3, 0.4) is 0 Å². The fourth-order valence-electron chi connectivity index (χ4n) is 4.00. The van der Waals surface area contributed by atoms with Crippen molar-refractivity contribution in [2.45, 2.75) is 50.5 Å². The Morgan fingerprint density at radius 3 is 2.58 bits per heavy atom. The van der Waals surface area contributed by atoms with Gasteiger partial charge in [-0.05, 0) is 38.0 Å². The number of H-pyrrole nitrogens is 1. The van der Waals surface area contributed by atoms with E-state index in [1.807, 2.05) is 0 Å². The second-order valence-electron chi connectivity index (χ2n) is 8.43. The number of carbonyl (C=O) groups excluding carboxylic acids is 1. The second kappa shape index (κ2) is 8.66. The topological polar surface area (TPSA) is 162 Å². The number of phenolic OH excluding ortho intramolecular Hbond substituents is 1. The molecule has 10 nitrogen and oxygen atoms in total. The minimum atomic E-state index is -1.52. The number of likely N-dealkylation sites (tertiary alicyclic amines) is 1. The third-order valence-corrected chi connectivity index (χ3v) is 5.69. The van der Waals surface area contributed by atoms with Gasteiger partial charge in [-0.25, -0.2) is 4.79 Å². The first-order valence-corrected chi connectivity index (χ1v) is 10.0. The molecular weight excluding hydrogens is 404 g/mol. The van der Waals surface area contributed by atoms with Crippen molar-refractivity contribution >= 4 is 5.91 Å². The molecule has 3 rings (SSSR count). The number of benzene rings is 1. The van der Waals surface area contributed by atoms with E-state index in [9.17, 15) is 29.7 Å². The maximum absolute atomic E-state index is 13.1. The number of aromatic amines is 1. The molecule has 31 heavy (non-hydrogen) atoms. The first-order chi connectivity index (χ1) is 14.5. The quantitative estimate of drug-likeness (QED) is 0.414. The molecule has 1 amide bonds. The molecule has 0 unspecified atom stereocenters. The van der Waals surface area contributed by atoms with Crippen molar-refractivity contribution in [1.29, 1.82) is 0 Å². The molecule has 2 heterocycles. The number of β-amino-alcohol motifs (C(OH)–C–C–N with tert-alkyl or cyclic N) is 1. The fraction of sp³-hybridized carbons (Fsp3) is 0.476. The van der Waals surface area contributed by atoms with E-state index in [0.29, 0.717) is 0 Å². The zero-order chi connectivity index (χ0) is 22.9. The van der Waals surface area contributed by atoms with Gasteiger partial charge in [0, 0.05) is 31.3 Å². The van der Waals surface area contributed by atoms with Crippen LogP contribution in [0, 0.1) is 6.92 Å². The summed E-state index contributed by atoms with van der Waals surface area (Å²) in [5, 5.41) is 30.8. The molecule has 0 bridgehead atoms. The third kappa shape index (κ3) is 5.04. The third-order valence-electron chi connectivity index (χ3n) is 5.69. The van der Waals surface area contributed by atoms with Gasteiger partial charge in [-0.1, -0.05) is 12.1 Å². The number of aryl methyl sites for hydroxylation is 1. The highest BCUT2D eigenvalue weighted by molar-refractivity contribution is 5.82. The molecule has 6 N–H and O–H groups in total. The Morgan fingerprint density at radius 1 is 1.29 bits per heavy atom. The molecule has 168 valence electrons. The number of hydrogen-bond donors (Lipinski definition) is 5. The summed E-state index contributed by atoms with van der Waals surface area (Å²) in [6.45, 7) is 2.90. The van der Waals surface area contributed by atoms with Crippen molar-refractivity contribution in [2.75, 3.05) is 13.1 Å². The van der Waals surface area contributed by atoms with Crippen LogP contribution in [0.15, 0.2) is 40.1 Å². The Kier molecular flexibility index (Phi) is 6.35. The normalized spacial score (nSPS) is 25.1. The smallest absolute Gasteiger partial charge is 0.328 e. The van der Waals surface area contributed by atoms with Crippen molar-refractivity contribution in [2.24, 2.45) is 5.73 Å². The largest absolute Gasteiger partial charge is 0.508 e. The zero-order valence-electron chi connectivity index (χ0n) is 17.5. The Hall–Kier alpha value is -2.95. The van der Waals surface area contributed by atoms with Gasteiger partial charge in [-0.15, -0.1) is 0 Å². The van der Waals surface area contributed by atoms with Gasteiger partial charge in [-0.3, -0.25) is 19.1 Å². The number of aromatic nitrogens is 2. The van der Waals surface area contributed by atoms with E-state index in [1.165, 1.54) is 41.6 Å². The van der Waals surface area contributed by atoms with E-state index >= 15 is 0 Å². The van der Waals surface area contributed by atoms with Gasteiger partial charge in [0.1, 0.15) is 5.75 Å². The number of hydrogen-bond acceptors (Lipinski definition) is 7. The predicted molar refractivity (Wildman–Crippen MR) is 113 cm³/mol. The standard InChI is InChI=1S/C21H28N4O6/c1-12-9-25(20(30)23-18(12)28)17-11-24(10-15(27)8-21(17,2)31)19(29)16(22)7-13-3-5-14(26)6-4-13/h3-6,9,15-17,26-27,31H,7-8,10-11,22H2,1-2H3,(H,23,28,30)/t15-,16+,17+,21+/m1/s1. The van der Waals surface area contributed by atoms with Crippen molar-refractivity contribution in [3.8, 4) is 5.75 Å². The number of carbonyl (C=O) groups is 1. The van der Waals surface area contributed by atoms with Crippen molar-refractivity contribution in [3.05, 3.63) is 62.4 Å². The maximum atomic E-state index is 13.1. The molecule has 1 aliphatic rings. The first-order valence-electron chi connectivity index (χ1n) is 10.0. The van der Waals surface area contributed by atoms with E-state index < -0.39 is 40.9 Å². The van der Waals surface area contributed by atoms with Crippen LogP contribution in [0.25, 0.3) is 0 Å². The van der Waals surface area contributed by atoms with Crippen LogP contribution in [-0.4, -0.2) is 66.5 Å². The minimum Gasteiger partial charge on any atom is -0.508 e. The van der Waals surface area contributed by atoms with Gasteiger partial charge >= 0.3 is 5.69 Å². The lowest BCUT2D eigenvalue weighted by Gasteiger charge is -2.34. The molecule has 1 fully saturated rings. The van der Waals surface area contributed by atoms with Crippen molar-refractivity contribution in [1.82, 2.24) is 14.5 Å². The number of nitrogens with one attached hydrogen (secondary N) is 1. The number of nitrogens with two attached hydrogens (primary N) is 1. The molecule has 0 aliphatic carbocycles. The molecule has 2 aromatic rings. The van der Waals surface area contributed by atoms with Gasteiger partial charge in [0.2, 0.25) is 5.91 Å². The van der Waals surface area contributed by atoms with Crippen LogP contribution in [0.2, 0.25) is 0 Å². The lowest BCUT2D eigenvalue weighted by atomic mass is 9.91. The SMILES string of the molecule is Cc1cn([C@H]2CN(C(=O)[C@@H](N)Cc3ccc(O)cc3)C[C@H](O)C[C@]2(C)O)c(=O)[nH]c1=O. The minimum absolute atomic E-state index is 0.0498. The Bertz CT molecular complexity index is 1060. The van der Waals surface area contributed by atoms with Crippen LogP contribution < -0.4 is 17.0 Å². The summed E-state index contributed by atoms with van der Waals surface area (Å²) < 4.78 is 1.19. The highest BCUT2D eigenvalue weighted by Crippen LogP contribution is 2.31. The molecule has 0 spiro atoms. The summed E-state index contributed by atoms with van der Waals surface area (Å²) >= 11 is 0. The van der Waals surface area contributed by atoms with Gasteiger partial charge in [-0.2, -0.15) is 0 Å². The average Bonchev–Trinajstić information content (AvgIpc) is 2.80. The van der Waals surface area contributed by atoms with Crippen LogP contribution in [0.4, 0.5) is 0 Å². The van der Waals surface area contributed by atoms with E-state index in [1.54, 1.807) is 12.1 Å². The van der Waals surface area contributed by atoms with Crippen LogP contribution >= 0.6 is 0 Å². The summed E-state index contributed by atoms with van der Waals surface area (Å²) in [7, 11) is 0. The predicted octanol–water partition coefficient (Wildman–Crippen LogP) is -0.994. The van der Waals surface area contributed by atoms with Gasteiger partial charge < -0.3 is 26.0 Å². The molecular formula is C21H28N4O6. The zero-order valence-corrected chi connectivity index (χ0v) is 17.5. The van der Waals surface area contributed by atoms with Crippen LogP contribution in [0.5, 0.6) is 5.75 Å². The number of aromatic hydroxyl groups is 1. The summed E-state index contributed by atoms with van der Waals surface area (Å²) in [4.78, 5) is 40.8. The summed E-state index contributed by atoms with van der Waals surface area (Å²) in [6.07, 6.45) is 0.463.